The number of carbonyl (C=O) groups is 3. The molecule has 2 fully saturated rings. The van der Waals surface area contributed by atoms with E-state index < -0.39 is 6.04 Å². The minimum Gasteiger partial charge on any atom is -0.343 e. The molecule has 0 spiro atoms. The summed E-state index contributed by atoms with van der Waals surface area (Å²) < 4.78 is 0. The third-order valence-electron chi connectivity index (χ3n) is 7.04. The quantitative estimate of drug-likeness (QED) is 0.636. The minimum absolute atomic E-state index is 0.000838. The number of nitrogens with zero attached hydrogens (tertiary/aromatic N) is 1. The minimum atomic E-state index is -0.500. The number of amides is 2. The lowest BCUT2D eigenvalue weighted by molar-refractivity contribution is -0.138. The molecule has 2 aliphatic heterocycles. The van der Waals surface area contributed by atoms with Crippen LogP contribution in [0.25, 0.3) is 0 Å². The molecule has 0 aromatic heterocycles. The van der Waals surface area contributed by atoms with Crippen LogP contribution in [-0.4, -0.2) is 47.7 Å². The van der Waals surface area contributed by atoms with Gasteiger partial charge in [-0.05, 0) is 57.2 Å². The van der Waals surface area contributed by atoms with Crippen LogP contribution in [0, 0.1) is 0 Å². The lowest BCUT2D eigenvalue weighted by Crippen LogP contribution is -2.53. The summed E-state index contributed by atoms with van der Waals surface area (Å²) in [6.07, 6.45) is 5.00. The fraction of sp³-hybridized carbons (Fsp3) is 0.444. The Hall–Kier alpha value is -2.99. The molecule has 4 rings (SSSR count). The summed E-state index contributed by atoms with van der Waals surface area (Å²) in [6.45, 7) is 1.95. The summed E-state index contributed by atoms with van der Waals surface area (Å²) in [5, 5.41) is 6.01. The molecule has 33 heavy (non-hydrogen) atoms. The Balaban J connectivity index is 1.56. The molecule has 174 valence electrons. The van der Waals surface area contributed by atoms with Crippen LogP contribution in [0.3, 0.4) is 0 Å². The summed E-state index contributed by atoms with van der Waals surface area (Å²) in [7, 11) is 1.76. The highest BCUT2D eigenvalue weighted by Crippen LogP contribution is 2.40. The van der Waals surface area contributed by atoms with Gasteiger partial charge in [0.25, 0.3) is 0 Å². The van der Waals surface area contributed by atoms with Crippen LogP contribution in [0.5, 0.6) is 0 Å². The van der Waals surface area contributed by atoms with Crippen LogP contribution in [0.4, 0.5) is 0 Å². The average Bonchev–Trinajstić information content (AvgIpc) is 3.21. The number of ketones is 1. The molecule has 2 aromatic rings. The van der Waals surface area contributed by atoms with E-state index in [1.807, 2.05) is 66.4 Å². The maximum Gasteiger partial charge on any atom is 0.245 e. The highest BCUT2D eigenvalue weighted by Gasteiger charge is 2.42. The molecular formula is C27H33N3O3. The van der Waals surface area contributed by atoms with Crippen LogP contribution >= 0.6 is 0 Å². The molecule has 2 heterocycles. The van der Waals surface area contributed by atoms with Gasteiger partial charge in [-0.1, -0.05) is 55.5 Å². The SMILES string of the molecule is CCC(NC)C(=O)N[C@H]1CCC[C@H]2CC[C@@H](c3cccc(C(=O)c4ccccc4)c3)N2C1=O. The van der Waals surface area contributed by atoms with Crippen LogP contribution in [0.15, 0.2) is 54.6 Å². The van der Waals surface area contributed by atoms with E-state index in [2.05, 4.69) is 10.6 Å². The molecule has 0 aliphatic carbocycles. The highest BCUT2D eigenvalue weighted by atomic mass is 16.2. The van der Waals surface area contributed by atoms with E-state index in [-0.39, 0.29) is 35.7 Å². The molecule has 2 amide bonds. The van der Waals surface area contributed by atoms with E-state index in [0.29, 0.717) is 24.0 Å². The first-order chi connectivity index (χ1) is 16.0. The van der Waals surface area contributed by atoms with E-state index in [4.69, 9.17) is 0 Å². The maximum atomic E-state index is 13.6. The van der Waals surface area contributed by atoms with Gasteiger partial charge >= 0.3 is 0 Å². The molecule has 2 aromatic carbocycles. The Bertz CT molecular complexity index is 1000. The molecular weight excluding hydrogens is 414 g/mol. The number of hydrogen-bond donors (Lipinski definition) is 2. The largest absolute Gasteiger partial charge is 0.343 e. The molecule has 2 saturated heterocycles. The van der Waals surface area contributed by atoms with E-state index in [9.17, 15) is 14.4 Å². The lowest BCUT2D eigenvalue weighted by Gasteiger charge is -2.32. The van der Waals surface area contributed by atoms with Crippen molar-refractivity contribution >= 4 is 17.6 Å². The topological polar surface area (TPSA) is 78.5 Å². The van der Waals surface area contributed by atoms with E-state index in [0.717, 1.165) is 31.2 Å². The zero-order valence-corrected chi connectivity index (χ0v) is 19.4. The molecule has 6 heteroatoms. The van der Waals surface area contributed by atoms with Crippen molar-refractivity contribution < 1.29 is 14.4 Å². The van der Waals surface area contributed by atoms with Gasteiger partial charge < -0.3 is 15.5 Å². The normalized spacial score (nSPS) is 23.5. The van der Waals surface area contributed by atoms with Gasteiger partial charge in [0.05, 0.1) is 12.1 Å². The second kappa shape index (κ2) is 10.3. The number of hydrogen-bond acceptors (Lipinski definition) is 4. The van der Waals surface area contributed by atoms with Gasteiger partial charge in [-0.2, -0.15) is 0 Å². The van der Waals surface area contributed by atoms with Gasteiger partial charge in [-0.15, -0.1) is 0 Å². The molecule has 1 unspecified atom stereocenters. The average molecular weight is 448 g/mol. The summed E-state index contributed by atoms with van der Waals surface area (Å²) in [6, 6.07) is 16.2. The first-order valence-corrected chi connectivity index (χ1v) is 12.0. The van der Waals surface area contributed by atoms with E-state index in [1.165, 1.54) is 0 Å². The van der Waals surface area contributed by atoms with Crippen molar-refractivity contribution in [3.8, 4) is 0 Å². The lowest BCUT2D eigenvalue weighted by atomic mass is 9.97. The molecule has 2 N–H and O–H groups in total. The van der Waals surface area contributed by atoms with Crippen molar-refractivity contribution in [1.29, 1.82) is 0 Å². The number of rotatable bonds is 7. The van der Waals surface area contributed by atoms with Crippen molar-refractivity contribution in [3.63, 3.8) is 0 Å². The van der Waals surface area contributed by atoms with Gasteiger partial charge in [0.15, 0.2) is 5.78 Å². The zero-order chi connectivity index (χ0) is 23.4. The third-order valence-corrected chi connectivity index (χ3v) is 7.04. The molecule has 2 aliphatic rings. The fourth-order valence-electron chi connectivity index (χ4n) is 5.26. The Morgan fingerprint density at radius 3 is 2.48 bits per heavy atom. The molecule has 6 nitrogen and oxygen atoms in total. The van der Waals surface area contributed by atoms with Gasteiger partial charge in [0.1, 0.15) is 6.04 Å². The fourth-order valence-corrected chi connectivity index (χ4v) is 5.26. The van der Waals surface area contributed by atoms with E-state index in [1.54, 1.807) is 7.05 Å². The molecule has 0 radical (unpaired) electrons. The first-order valence-electron chi connectivity index (χ1n) is 12.0. The summed E-state index contributed by atoms with van der Waals surface area (Å²) in [5.41, 5.74) is 2.28. The van der Waals surface area contributed by atoms with Gasteiger partial charge in [0.2, 0.25) is 11.8 Å². The predicted molar refractivity (Wildman–Crippen MR) is 128 cm³/mol. The maximum absolute atomic E-state index is 13.6. The highest BCUT2D eigenvalue weighted by molar-refractivity contribution is 6.09. The van der Waals surface area contributed by atoms with Crippen molar-refractivity contribution in [1.82, 2.24) is 15.5 Å². The second-order valence-electron chi connectivity index (χ2n) is 9.05. The number of fused-ring (bicyclic) bond motifs is 1. The van der Waals surface area contributed by atoms with Crippen LogP contribution in [0.2, 0.25) is 0 Å². The van der Waals surface area contributed by atoms with Crippen LogP contribution in [0.1, 0.15) is 73.0 Å². The number of benzene rings is 2. The van der Waals surface area contributed by atoms with E-state index >= 15 is 0 Å². The van der Waals surface area contributed by atoms with Crippen LogP contribution < -0.4 is 10.6 Å². The summed E-state index contributed by atoms with van der Waals surface area (Å²) in [5.74, 6) is -0.140. The first kappa shape index (κ1) is 23.2. The Morgan fingerprint density at radius 2 is 1.76 bits per heavy atom. The van der Waals surface area contributed by atoms with Gasteiger partial charge in [0, 0.05) is 17.2 Å². The Labute approximate surface area is 195 Å². The van der Waals surface area contributed by atoms with Crippen molar-refractivity contribution in [2.75, 3.05) is 7.05 Å². The molecule has 4 atom stereocenters. The molecule has 0 bridgehead atoms. The third kappa shape index (κ3) is 4.86. The van der Waals surface area contributed by atoms with Crippen molar-refractivity contribution in [3.05, 3.63) is 71.3 Å². The summed E-state index contributed by atoms with van der Waals surface area (Å²) in [4.78, 5) is 41.2. The van der Waals surface area contributed by atoms with Crippen LogP contribution in [-0.2, 0) is 9.59 Å². The van der Waals surface area contributed by atoms with Crippen molar-refractivity contribution in [2.45, 2.75) is 69.6 Å². The summed E-state index contributed by atoms with van der Waals surface area (Å²) >= 11 is 0. The second-order valence-corrected chi connectivity index (χ2v) is 9.05. The number of likely N-dealkylation sites (N-methyl/N-ethyl adjacent to an activating group) is 1. The van der Waals surface area contributed by atoms with Crippen molar-refractivity contribution in [2.24, 2.45) is 0 Å². The van der Waals surface area contributed by atoms with Gasteiger partial charge in [-0.25, -0.2) is 0 Å². The standard InChI is InChI=1S/C27H33N3O3/c1-3-22(28-2)26(32)29-23-14-8-13-21-15-16-24(30(21)27(23)33)19-11-7-12-20(17-19)25(31)18-9-5-4-6-10-18/h4-7,9-12,17,21-24,28H,3,8,13-16H2,1-2H3,(H,29,32)/t21-,22?,23-,24-/m0/s1. The Kier molecular flexibility index (Phi) is 7.23. The zero-order valence-electron chi connectivity index (χ0n) is 19.4. The Morgan fingerprint density at radius 1 is 1.00 bits per heavy atom. The smallest absolute Gasteiger partial charge is 0.245 e. The molecule has 0 saturated carbocycles. The number of carbonyl (C=O) groups excluding carboxylic acids is 3. The number of nitrogens with one attached hydrogen (secondary N) is 2. The monoisotopic (exact) mass is 447 g/mol. The predicted octanol–water partition coefficient (Wildman–Crippen LogP) is 3.62. The van der Waals surface area contributed by atoms with Gasteiger partial charge in [-0.3, -0.25) is 14.4 Å².